The zero-order valence-electron chi connectivity index (χ0n) is 11.7. The lowest BCUT2D eigenvalue weighted by Crippen LogP contribution is -2.26. The van der Waals surface area contributed by atoms with E-state index in [0.717, 1.165) is 18.5 Å². The summed E-state index contributed by atoms with van der Waals surface area (Å²) < 4.78 is 26.9. The second kappa shape index (κ2) is 5.61. The number of hydrogen-bond acceptors (Lipinski definition) is 3. The summed E-state index contributed by atoms with van der Waals surface area (Å²) in [5.74, 6) is 0.461. The normalized spacial score (nSPS) is 24.2. The summed E-state index contributed by atoms with van der Waals surface area (Å²) in [7, 11) is -3.36. The predicted molar refractivity (Wildman–Crippen MR) is 76.4 cm³/mol. The van der Waals surface area contributed by atoms with E-state index < -0.39 is 10.0 Å². The highest BCUT2D eigenvalue weighted by molar-refractivity contribution is 7.89. The molecule has 3 unspecified atom stereocenters. The van der Waals surface area contributed by atoms with Gasteiger partial charge >= 0.3 is 0 Å². The van der Waals surface area contributed by atoms with Crippen molar-refractivity contribution < 1.29 is 8.42 Å². The van der Waals surface area contributed by atoms with E-state index in [1.165, 1.54) is 0 Å². The molecule has 4 nitrogen and oxygen atoms in total. The predicted octanol–water partition coefficient (Wildman–Crippen LogP) is 2.04. The minimum Gasteiger partial charge on any atom is -0.310 e. The van der Waals surface area contributed by atoms with E-state index >= 15 is 0 Å². The third-order valence-electron chi connectivity index (χ3n) is 3.62. The Bertz CT molecular complexity index is 525. The molecule has 5 heteroatoms. The molecule has 0 spiro atoms. The molecule has 1 aliphatic carbocycles. The van der Waals surface area contributed by atoms with Crippen LogP contribution in [0.15, 0.2) is 29.2 Å². The molecule has 106 valence electrons. The number of benzene rings is 1. The second-order valence-corrected chi connectivity index (χ2v) is 7.00. The van der Waals surface area contributed by atoms with Crippen LogP contribution in [0.2, 0.25) is 0 Å². The van der Waals surface area contributed by atoms with Crippen molar-refractivity contribution in [3.8, 4) is 0 Å². The first-order valence-corrected chi connectivity index (χ1v) is 8.28. The van der Waals surface area contributed by atoms with Crippen molar-refractivity contribution in [2.24, 2.45) is 5.92 Å². The van der Waals surface area contributed by atoms with Crippen LogP contribution in [0.1, 0.15) is 38.8 Å². The molecular formula is C14H22N2O2S. The number of sulfonamides is 1. The Morgan fingerprint density at radius 2 is 1.89 bits per heavy atom. The number of nitrogens with one attached hydrogen (secondary N) is 2. The van der Waals surface area contributed by atoms with Gasteiger partial charge in [0.2, 0.25) is 10.0 Å². The molecule has 0 radical (unpaired) electrons. The molecule has 0 aromatic heterocycles. The van der Waals surface area contributed by atoms with E-state index in [1.807, 2.05) is 19.1 Å². The Kier molecular flexibility index (Phi) is 4.28. The van der Waals surface area contributed by atoms with Crippen LogP contribution in [0.4, 0.5) is 0 Å². The maximum absolute atomic E-state index is 12.1. The molecule has 1 fully saturated rings. The fourth-order valence-corrected chi connectivity index (χ4v) is 3.47. The minimum atomic E-state index is -3.36. The molecular weight excluding hydrogens is 260 g/mol. The quantitative estimate of drug-likeness (QED) is 0.839. The van der Waals surface area contributed by atoms with E-state index in [4.69, 9.17) is 0 Å². The highest BCUT2D eigenvalue weighted by Gasteiger charge is 2.36. The van der Waals surface area contributed by atoms with Gasteiger partial charge in [0, 0.05) is 12.1 Å². The van der Waals surface area contributed by atoms with Crippen LogP contribution in [0.5, 0.6) is 0 Å². The molecule has 0 saturated heterocycles. The summed E-state index contributed by atoms with van der Waals surface area (Å²) in [6.07, 6.45) is 0.939. The molecule has 0 heterocycles. The smallest absolute Gasteiger partial charge is 0.240 e. The lowest BCUT2D eigenvalue weighted by Gasteiger charge is -2.13. The molecule has 1 aromatic rings. The van der Waals surface area contributed by atoms with Gasteiger partial charge in [-0.1, -0.05) is 26.0 Å². The van der Waals surface area contributed by atoms with E-state index in [9.17, 15) is 8.42 Å². The Hall–Kier alpha value is -0.910. The Morgan fingerprint density at radius 1 is 1.32 bits per heavy atom. The Labute approximate surface area is 115 Å². The summed E-state index contributed by atoms with van der Waals surface area (Å²) in [5.41, 5.74) is 1.10. The molecule has 1 saturated carbocycles. The zero-order chi connectivity index (χ0) is 14.0. The molecule has 2 rings (SSSR count). The van der Waals surface area contributed by atoms with E-state index in [0.29, 0.717) is 10.8 Å². The van der Waals surface area contributed by atoms with Crippen LogP contribution in [0, 0.1) is 5.92 Å². The lowest BCUT2D eigenvalue weighted by molar-refractivity contribution is 0.577. The van der Waals surface area contributed by atoms with Crippen LogP contribution >= 0.6 is 0 Å². The van der Waals surface area contributed by atoms with Crippen LogP contribution in [0.3, 0.4) is 0 Å². The van der Waals surface area contributed by atoms with Gasteiger partial charge in [0.15, 0.2) is 0 Å². The Balaban J connectivity index is 2.09. The number of hydrogen-bond donors (Lipinski definition) is 2. The van der Waals surface area contributed by atoms with Crippen molar-refractivity contribution in [3.05, 3.63) is 29.8 Å². The van der Waals surface area contributed by atoms with Gasteiger partial charge in [-0.2, -0.15) is 0 Å². The van der Waals surface area contributed by atoms with Crippen LogP contribution in [0.25, 0.3) is 0 Å². The monoisotopic (exact) mass is 282 g/mol. The fourth-order valence-electron chi connectivity index (χ4n) is 2.11. The fraction of sp³-hybridized carbons (Fsp3) is 0.571. The van der Waals surface area contributed by atoms with Crippen molar-refractivity contribution in [2.75, 3.05) is 6.54 Å². The van der Waals surface area contributed by atoms with E-state index in [-0.39, 0.29) is 12.1 Å². The van der Waals surface area contributed by atoms with Crippen molar-refractivity contribution in [1.82, 2.24) is 10.0 Å². The average Bonchev–Trinajstić information content (AvgIpc) is 3.04. The summed E-state index contributed by atoms with van der Waals surface area (Å²) >= 11 is 0. The Morgan fingerprint density at radius 3 is 2.37 bits per heavy atom. The van der Waals surface area contributed by atoms with Gasteiger partial charge in [0.05, 0.1) is 4.90 Å². The zero-order valence-corrected chi connectivity index (χ0v) is 12.5. The van der Waals surface area contributed by atoms with Gasteiger partial charge < -0.3 is 5.32 Å². The van der Waals surface area contributed by atoms with Gasteiger partial charge in [0.1, 0.15) is 0 Å². The third kappa shape index (κ3) is 3.55. The molecule has 1 aliphatic rings. The summed E-state index contributed by atoms with van der Waals surface area (Å²) in [6.45, 7) is 7.06. The molecule has 0 amide bonds. The first-order chi connectivity index (χ1) is 8.94. The molecule has 3 atom stereocenters. The van der Waals surface area contributed by atoms with Gasteiger partial charge in [-0.15, -0.1) is 0 Å². The third-order valence-corrected chi connectivity index (χ3v) is 5.12. The SMILES string of the molecule is CCNC(C)c1ccc(S(=O)(=O)NC2CC2C)cc1. The standard InChI is InChI=1S/C14H22N2O2S/c1-4-15-11(3)12-5-7-13(8-6-12)19(17,18)16-14-9-10(14)2/h5-8,10-11,14-16H,4,9H2,1-3H3. The lowest BCUT2D eigenvalue weighted by atomic mass is 10.1. The maximum Gasteiger partial charge on any atom is 0.240 e. The van der Waals surface area contributed by atoms with Crippen molar-refractivity contribution in [1.29, 1.82) is 0 Å². The van der Waals surface area contributed by atoms with Gasteiger partial charge in [-0.05, 0) is 43.5 Å². The molecule has 0 aliphatic heterocycles. The molecule has 1 aromatic carbocycles. The summed E-state index contributed by atoms with van der Waals surface area (Å²) in [6, 6.07) is 7.46. The highest BCUT2D eigenvalue weighted by Crippen LogP contribution is 2.30. The highest BCUT2D eigenvalue weighted by atomic mass is 32.2. The van der Waals surface area contributed by atoms with Gasteiger partial charge in [-0.25, -0.2) is 13.1 Å². The van der Waals surface area contributed by atoms with E-state index in [2.05, 4.69) is 23.9 Å². The average molecular weight is 282 g/mol. The second-order valence-electron chi connectivity index (χ2n) is 5.29. The van der Waals surface area contributed by atoms with Crippen molar-refractivity contribution in [3.63, 3.8) is 0 Å². The topological polar surface area (TPSA) is 58.2 Å². The van der Waals surface area contributed by atoms with Crippen LogP contribution in [-0.4, -0.2) is 21.0 Å². The van der Waals surface area contributed by atoms with Crippen LogP contribution in [-0.2, 0) is 10.0 Å². The summed E-state index contributed by atoms with van der Waals surface area (Å²) in [5, 5.41) is 3.30. The minimum absolute atomic E-state index is 0.116. The van der Waals surface area contributed by atoms with Gasteiger partial charge in [0.25, 0.3) is 0 Å². The maximum atomic E-state index is 12.1. The van der Waals surface area contributed by atoms with Crippen molar-refractivity contribution >= 4 is 10.0 Å². The van der Waals surface area contributed by atoms with E-state index in [1.54, 1.807) is 12.1 Å². The molecule has 0 bridgehead atoms. The first kappa shape index (κ1) is 14.5. The molecule has 19 heavy (non-hydrogen) atoms. The van der Waals surface area contributed by atoms with Gasteiger partial charge in [-0.3, -0.25) is 0 Å². The largest absolute Gasteiger partial charge is 0.310 e. The van der Waals surface area contributed by atoms with Crippen molar-refractivity contribution in [2.45, 2.75) is 44.2 Å². The molecule has 2 N–H and O–H groups in total. The van der Waals surface area contributed by atoms with Crippen LogP contribution < -0.4 is 10.0 Å². The number of rotatable bonds is 6. The summed E-state index contributed by atoms with van der Waals surface area (Å²) in [4.78, 5) is 0.346. The first-order valence-electron chi connectivity index (χ1n) is 6.79.